The van der Waals surface area contributed by atoms with E-state index in [1.807, 2.05) is 13.8 Å². The number of methoxy groups -OCH3 is 1. The molecule has 0 radical (unpaired) electrons. The van der Waals surface area contributed by atoms with E-state index >= 15 is 0 Å². The van der Waals surface area contributed by atoms with E-state index in [1.165, 1.54) is 12.0 Å². The molecule has 0 bridgehead atoms. The second-order valence-electron chi connectivity index (χ2n) is 6.35. The Morgan fingerprint density at radius 3 is 2.64 bits per heavy atom. The summed E-state index contributed by atoms with van der Waals surface area (Å²) < 4.78 is 10.4. The van der Waals surface area contributed by atoms with Crippen molar-refractivity contribution in [3.63, 3.8) is 0 Å². The average molecular weight is 349 g/mol. The van der Waals surface area contributed by atoms with Crippen molar-refractivity contribution in [1.29, 1.82) is 0 Å². The summed E-state index contributed by atoms with van der Waals surface area (Å²) in [4.78, 5) is 27.6. The van der Waals surface area contributed by atoms with Crippen LogP contribution in [0.5, 0.6) is 5.75 Å². The number of benzene rings is 1. The standard InChI is InChI=1S/C18H27N3O4/c1-6-20(13(4)12(2)3)17(22)19-14-7-8-15(16(11-14)24-5)21-9-10-25-18(21)23/h7-8,11-13H,6,9-10H2,1-5H3,(H,19,22). The number of carbonyl (C=O) groups is 2. The van der Waals surface area contributed by atoms with Crippen LogP contribution >= 0.6 is 0 Å². The first kappa shape index (κ1) is 18.9. The van der Waals surface area contributed by atoms with Crippen LogP contribution in [0.2, 0.25) is 0 Å². The number of rotatable bonds is 6. The summed E-state index contributed by atoms with van der Waals surface area (Å²) in [5, 5.41) is 2.90. The molecule has 0 aromatic heterocycles. The topological polar surface area (TPSA) is 71.1 Å². The molecule has 1 heterocycles. The Balaban J connectivity index is 2.17. The fraction of sp³-hybridized carbons (Fsp3) is 0.556. The zero-order valence-corrected chi connectivity index (χ0v) is 15.5. The number of nitrogens with one attached hydrogen (secondary N) is 1. The molecule has 3 amide bonds. The fourth-order valence-electron chi connectivity index (χ4n) is 2.76. The Morgan fingerprint density at radius 2 is 2.12 bits per heavy atom. The summed E-state index contributed by atoms with van der Waals surface area (Å²) in [6.45, 7) is 9.65. The van der Waals surface area contributed by atoms with E-state index < -0.39 is 6.09 Å². The van der Waals surface area contributed by atoms with Crippen LogP contribution in [0.25, 0.3) is 0 Å². The number of urea groups is 1. The molecule has 0 aliphatic carbocycles. The van der Waals surface area contributed by atoms with Crippen molar-refractivity contribution in [1.82, 2.24) is 4.90 Å². The maximum Gasteiger partial charge on any atom is 0.414 e. The minimum Gasteiger partial charge on any atom is -0.494 e. The van der Waals surface area contributed by atoms with Gasteiger partial charge < -0.3 is 19.7 Å². The van der Waals surface area contributed by atoms with E-state index in [-0.39, 0.29) is 12.1 Å². The van der Waals surface area contributed by atoms with Gasteiger partial charge in [-0.3, -0.25) is 4.90 Å². The molecule has 1 fully saturated rings. The molecule has 7 nitrogen and oxygen atoms in total. The highest BCUT2D eigenvalue weighted by Gasteiger charge is 2.27. The van der Waals surface area contributed by atoms with Crippen molar-refractivity contribution in [3.05, 3.63) is 18.2 Å². The van der Waals surface area contributed by atoms with Gasteiger partial charge >= 0.3 is 12.1 Å². The van der Waals surface area contributed by atoms with Gasteiger partial charge in [0.05, 0.1) is 19.3 Å². The third kappa shape index (κ3) is 4.15. The normalized spacial score (nSPS) is 15.1. The quantitative estimate of drug-likeness (QED) is 0.852. The monoisotopic (exact) mass is 349 g/mol. The van der Waals surface area contributed by atoms with Crippen LogP contribution in [0, 0.1) is 5.92 Å². The number of anilines is 2. The molecule has 0 spiro atoms. The minimum atomic E-state index is -0.391. The van der Waals surface area contributed by atoms with Crippen molar-refractivity contribution >= 4 is 23.5 Å². The number of hydrogen-bond acceptors (Lipinski definition) is 4. The van der Waals surface area contributed by atoms with Crippen LogP contribution in [0.1, 0.15) is 27.7 Å². The van der Waals surface area contributed by atoms with Gasteiger partial charge in [0.15, 0.2) is 0 Å². The molecule has 1 unspecified atom stereocenters. The summed E-state index contributed by atoms with van der Waals surface area (Å²) in [5.41, 5.74) is 1.25. The van der Waals surface area contributed by atoms with Crippen molar-refractivity contribution in [2.45, 2.75) is 33.7 Å². The van der Waals surface area contributed by atoms with Gasteiger partial charge in [0, 0.05) is 24.3 Å². The Morgan fingerprint density at radius 1 is 1.40 bits per heavy atom. The summed E-state index contributed by atoms with van der Waals surface area (Å²) in [6.07, 6.45) is -0.391. The fourth-order valence-corrected chi connectivity index (χ4v) is 2.76. The maximum atomic E-state index is 12.6. The Kier molecular flexibility index (Phi) is 6.12. The lowest BCUT2D eigenvalue weighted by molar-refractivity contribution is 0.178. The molecular formula is C18H27N3O4. The smallest absolute Gasteiger partial charge is 0.414 e. The number of carbonyl (C=O) groups excluding carboxylic acids is 2. The lowest BCUT2D eigenvalue weighted by Crippen LogP contribution is -2.43. The molecule has 25 heavy (non-hydrogen) atoms. The highest BCUT2D eigenvalue weighted by atomic mass is 16.6. The Labute approximate surface area is 148 Å². The molecule has 1 atom stereocenters. The van der Waals surface area contributed by atoms with Gasteiger partial charge in [-0.05, 0) is 31.9 Å². The van der Waals surface area contributed by atoms with Crippen LogP contribution < -0.4 is 15.0 Å². The first-order chi connectivity index (χ1) is 11.9. The minimum absolute atomic E-state index is 0.130. The second-order valence-corrected chi connectivity index (χ2v) is 6.35. The third-order valence-electron chi connectivity index (χ3n) is 4.54. The number of cyclic esters (lactones) is 1. The summed E-state index contributed by atoms with van der Waals surface area (Å²) in [5.74, 6) is 0.875. The highest BCUT2D eigenvalue weighted by Crippen LogP contribution is 2.33. The molecule has 1 saturated heterocycles. The number of ether oxygens (including phenoxy) is 2. The van der Waals surface area contributed by atoms with E-state index in [0.717, 1.165) is 0 Å². The first-order valence-electron chi connectivity index (χ1n) is 8.59. The predicted octanol–water partition coefficient (Wildman–Crippen LogP) is 3.55. The van der Waals surface area contributed by atoms with Gasteiger partial charge in [-0.1, -0.05) is 13.8 Å². The molecule has 1 aliphatic rings. The van der Waals surface area contributed by atoms with Crippen molar-refractivity contribution in [3.8, 4) is 5.75 Å². The van der Waals surface area contributed by atoms with Crippen molar-refractivity contribution in [2.75, 3.05) is 37.0 Å². The van der Waals surface area contributed by atoms with Gasteiger partial charge in [0.25, 0.3) is 0 Å². The molecule has 0 saturated carbocycles. The van der Waals surface area contributed by atoms with Crippen LogP contribution in [-0.4, -0.2) is 49.9 Å². The van der Waals surface area contributed by atoms with Gasteiger partial charge in [-0.15, -0.1) is 0 Å². The largest absolute Gasteiger partial charge is 0.494 e. The van der Waals surface area contributed by atoms with Gasteiger partial charge in [-0.2, -0.15) is 0 Å². The molecule has 1 aliphatic heterocycles. The Hall–Kier alpha value is -2.44. The van der Waals surface area contributed by atoms with Crippen LogP contribution in [0.3, 0.4) is 0 Å². The van der Waals surface area contributed by atoms with Crippen LogP contribution in [-0.2, 0) is 4.74 Å². The van der Waals surface area contributed by atoms with Crippen LogP contribution in [0.15, 0.2) is 18.2 Å². The molecule has 7 heteroatoms. The van der Waals surface area contributed by atoms with Crippen molar-refractivity contribution < 1.29 is 19.1 Å². The summed E-state index contributed by atoms with van der Waals surface area (Å²) >= 11 is 0. The summed E-state index contributed by atoms with van der Waals surface area (Å²) in [7, 11) is 1.53. The molecule has 138 valence electrons. The van der Waals surface area contributed by atoms with E-state index in [2.05, 4.69) is 19.2 Å². The van der Waals surface area contributed by atoms with Gasteiger partial charge in [0.1, 0.15) is 12.4 Å². The lowest BCUT2D eigenvalue weighted by Gasteiger charge is -2.31. The summed E-state index contributed by atoms with van der Waals surface area (Å²) in [6, 6.07) is 5.20. The lowest BCUT2D eigenvalue weighted by atomic mass is 10.1. The number of amides is 3. The maximum absolute atomic E-state index is 12.6. The SMILES string of the molecule is CCN(C(=O)Nc1ccc(N2CCOC2=O)c(OC)c1)C(C)C(C)C. The van der Waals surface area contributed by atoms with Crippen LogP contribution in [0.4, 0.5) is 21.0 Å². The van der Waals surface area contributed by atoms with E-state index in [0.29, 0.717) is 42.7 Å². The third-order valence-corrected chi connectivity index (χ3v) is 4.54. The zero-order chi connectivity index (χ0) is 18.6. The molecular weight excluding hydrogens is 322 g/mol. The molecule has 2 rings (SSSR count). The van der Waals surface area contributed by atoms with E-state index in [4.69, 9.17) is 9.47 Å². The first-order valence-corrected chi connectivity index (χ1v) is 8.59. The van der Waals surface area contributed by atoms with Gasteiger partial charge in [0.2, 0.25) is 0 Å². The zero-order valence-electron chi connectivity index (χ0n) is 15.5. The van der Waals surface area contributed by atoms with E-state index in [9.17, 15) is 9.59 Å². The molecule has 1 N–H and O–H groups in total. The average Bonchev–Trinajstić information content (AvgIpc) is 3.01. The van der Waals surface area contributed by atoms with Gasteiger partial charge in [-0.25, -0.2) is 9.59 Å². The van der Waals surface area contributed by atoms with E-state index in [1.54, 1.807) is 23.1 Å². The second kappa shape index (κ2) is 8.09. The number of hydrogen-bond donors (Lipinski definition) is 1. The Bertz CT molecular complexity index is 633. The predicted molar refractivity (Wildman–Crippen MR) is 97.4 cm³/mol. The molecule has 1 aromatic rings. The highest BCUT2D eigenvalue weighted by molar-refractivity contribution is 5.93. The van der Waals surface area contributed by atoms with Crippen molar-refractivity contribution in [2.24, 2.45) is 5.92 Å². The number of nitrogens with zero attached hydrogens (tertiary/aromatic N) is 2. The molecule has 1 aromatic carbocycles.